The number of fused-ring (bicyclic) bond motifs is 1. The third-order valence-electron chi connectivity index (χ3n) is 4.70. The summed E-state index contributed by atoms with van der Waals surface area (Å²) in [7, 11) is 0. The number of urea groups is 1. The van der Waals surface area contributed by atoms with Gasteiger partial charge < -0.3 is 10.2 Å². The number of carbonyl (C=O) groups excluding carboxylic acids is 1. The molecule has 2 heterocycles. The number of nitrogens with one attached hydrogen (secondary N) is 1. The van der Waals surface area contributed by atoms with Gasteiger partial charge in [-0.05, 0) is 55.2 Å². The summed E-state index contributed by atoms with van der Waals surface area (Å²) < 4.78 is 0. The summed E-state index contributed by atoms with van der Waals surface area (Å²) in [6, 6.07) is 16.1. The van der Waals surface area contributed by atoms with Crippen molar-refractivity contribution in [2.45, 2.75) is 19.3 Å². The van der Waals surface area contributed by atoms with Crippen molar-refractivity contribution in [3.63, 3.8) is 0 Å². The smallest absolute Gasteiger partial charge is 0.326 e. The standard InChI is InChI=1S/C19H21N3O/c23-19(20-16-6-2-1-3-7-16)22-13-10-15-14-17(8-9-18(15)22)21-11-4-5-12-21/h1-3,6-9,14H,4-5,10-13H2,(H,20,23). The predicted molar refractivity (Wildman–Crippen MR) is 94.4 cm³/mol. The van der Waals surface area contributed by atoms with E-state index in [4.69, 9.17) is 0 Å². The molecule has 118 valence electrons. The Balaban J connectivity index is 1.52. The Bertz CT molecular complexity index is 708. The largest absolute Gasteiger partial charge is 0.372 e. The molecule has 0 spiro atoms. The van der Waals surface area contributed by atoms with E-state index in [-0.39, 0.29) is 6.03 Å². The molecule has 2 aliphatic heterocycles. The van der Waals surface area contributed by atoms with Gasteiger partial charge in [0.2, 0.25) is 0 Å². The fourth-order valence-electron chi connectivity index (χ4n) is 3.48. The van der Waals surface area contributed by atoms with Gasteiger partial charge in [-0.15, -0.1) is 0 Å². The molecule has 1 N–H and O–H groups in total. The Kier molecular flexibility index (Phi) is 3.66. The molecule has 4 nitrogen and oxygen atoms in total. The fraction of sp³-hybridized carbons (Fsp3) is 0.316. The van der Waals surface area contributed by atoms with Crippen LogP contribution in [-0.4, -0.2) is 25.7 Å². The Morgan fingerprint density at radius 1 is 0.957 bits per heavy atom. The fourth-order valence-corrected chi connectivity index (χ4v) is 3.48. The van der Waals surface area contributed by atoms with Gasteiger partial charge in [-0.2, -0.15) is 0 Å². The van der Waals surface area contributed by atoms with E-state index in [2.05, 4.69) is 28.4 Å². The van der Waals surface area contributed by atoms with Crippen LogP contribution >= 0.6 is 0 Å². The van der Waals surface area contributed by atoms with Crippen LogP contribution in [0, 0.1) is 0 Å². The number of anilines is 3. The SMILES string of the molecule is O=C(Nc1ccccc1)N1CCc2cc(N3CCCC3)ccc21. The van der Waals surface area contributed by atoms with Crippen LogP contribution in [0.25, 0.3) is 0 Å². The number of benzene rings is 2. The van der Waals surface area contributed by atoms with Crippen molar-refractivity contribution in [2.24, 2.45) is 0 Å². The Morgan fingerprint density at radius 2 is 1.74 bits per heavy atom. The van der Waals surface area contributed by atoms with Crippen LogP contribution in [-0.2, 0) is 6.42 Å². The summed E-state index contributed by atoms with van der Waals surface area (Å²) in [5.74, 6) is 0. The zero-order valence-electron chi connectivity index (χ0n) is 13.2. The molecule has 0 aromatic heterocycles. The second-order valence-electron chi connectivity index (χ2n) is 6.20. The van der Waals surface area contributed by atoms with Crippen LogP contribution < -0.4 is 15.1 Å². The number of hydrogen-bond donors (Lipinski definition) is 1. The number of para-hydroxylation sites is 1. The molecule has 23 heavy (non-hydrogen) atoms. The van der Waals surface area contributed by atoms with Gasteiger partial charge in [0.1, 0.15) is 0 Å². The average Bonchev–Trinajstić information content (AvgIpc) is 3.25. The number of carbonyl (C=O) groups is 1. The van der Waals surface area contributed by atoms with Crippen molar-refractivity contribution < 1.29 is 4.79 Å². The van der Waals surface area contributed by atoms with E-state index in [9.17, 15) is 4.79 Å². The maximum Gasteiger partial charge on any atom is 0.326 e. The molecule has 4 rings (SSSR count). The minimum absolute atomic E-state index is 0.0520. The first kappa shape index (κ1) is 14.1. The first-order valence-electron chi connectivity index (χ1n) is 8.33. The molecule has 1 fully saturated rings. The molecule has 2 amide bonds. The quantitative estimate of drug-likeness (QED) is 0.914. The normalized spacial score (nSPS) is 16.5. The summed E-state index contributed by atoms with van der Waals surface area (Å²) in [4.78, 5) is 16.8. The number of amides is 2. The first-order chi connectivity index (χ1) is 11.3. The third-order valence-corrected chi connectivity index (χ3v) is 4.70. The van der Waals surface area contributed by atoms with Crippen LogP contribution in [0.5, 0.6) is 0 Å². The van der Waals surface area contributed by atoms with Crippen LogP contribution in [0.1, 0.15) is 18.4 Å². The zero-order chi connectivity index (χ0) is 15.6. The summed E-state index contributed by atoms with van der Waals surface area (Å²) in [5, 5.41) is 2.97. The molecule has 0 saturated carbocycles. The summed E-state index contributed by atoms with van der Waals surface area (Å²) >= 11 is 0. The maximum absolute atomic E-state index is 12.5. The highest BCUT2D eigenvalue weighted by molar-refractivity contribution is 6.03. The van der Waals surface area contributed by atoms with Gasteiger partial charge in [-0.1, -0.05) is 18.2 Å². The van der Waals surface area contributed by atoms with E-state index in [1.54, 1.807) is 0 Å². The third kappa shape index (κ3) is 2.77. The van der Waals surface area contributed by atoms with Gasteiger partial charge in [0.05, 0.1) is 0 Å². The van der Waals surface area contributed by atoms with Crippen molar-refractivity contribution in [3.05, 3.63) is 54.1 Å². The van der Waals surface area contributed by atoms with E-state index >= 15 is 0 Å². The molecule has 2 aliphatic rings. The van der Waals surface area contributed by atoms with E-state index in [1.807, 2.05) is 35.2 Å². The minimum Gasteiger partial charge on any atom is -0.372 e. The summed E-state index contributed by atoms with van der Waals surface area (Å²) in [6.45, 7) is 3.05. The van der Waals surface area contributed by atoms with Crippen molar-refractivity contribution in [2.75, 3.05) is 34.8 Å². The van der Waals surface area contributed by atoms with Crippen molar-refractivity contribution in [1.82, 2.24) is 0 Å². The molecule has 0 aliphatic carbocycles. The van der Waals surface area contributed by atoms with Crippen LogP contribution in [0.2, 0.25) is 0 Å². The molecule has 1 saturated heterocycles. The monoisotopic (exact) mass is 307 g/mol. The molecular weight excluding hydrogens is 286 g/mol. The highest BCUT2D eigenvalue weighted by atomic mass is 16.2. The van der Waals surface area contributed by atoms with Gasteiger partial charge >= 0.3 is 6.03 Å². The number of rotatable bonds is 2. The number of hydrogen-bond acceptors (Lipinski definition) is 2. The van der Waals surface area contributed by atoms with Crippen LogP contribution in [0.4, 0.5) is 21.9 Å². The summed E-state index contributed by atoms with van der Waals surface area (Å²) in [5.41, 5.74) is 4.45. The zero-order valence-corrected chi connectivity index (χ0v) is 13.2. The summed E-state index contributed by atoms with van der Waals surface area (Å²) in [6.07, 6.45) is 3.49. The van der Waals surface area contributed by atoms with Gasteiger partial charge in [0, 0.05) is 36.7 Å². The highest BCUT2D eigenvalue weighted by Crippen LogP contribution is 2.33. The lowest BCUT2D eigenvalue weighted by Crippen LogP contribution is -2.33. The molecule has 2 aromatic carbocycles. The molecular formula is C19H21N3O. The highest BCUT2D eigenvalue weighted by Gasteiger charge is 2.25. The first-order valence-corrected chi connectivity index (χ1v) is 8.33. The number of nitrogens with zero attached hydrogens (tertiary/aromatic N) is 2. The Labute approximate surface area is 136 Å². The second-order valence-corrected chi connectivity index (χ2v) is 6.20. The van der Waals surface area contributed by atoms with E-state index in [1.165, 1.54) is 24.1 Å². The van der Waals surface area contributed by atoms with E-state index < -0.39 is 0 Å². The molecule has 0 unspecified atom stereocenters. The Hall–Kier alpha value is -2.49. The van der Waals surface area contributed by atoms with Crippen molar-refractivity contribution in [1.29, 1.82) is 0 Å². The van der Waals surface area contributed by atoms with Gasteiger partial charge in [0.15, 0.2) is 0 Å². The van der Waals surface area contributed by atoms with Gasteiger partial charge in [-0.3, -0.25) is 4.90 Å². The molecule has 2 aromatic rings. The minimum atomic E-state index is -0.0520. The molecule has 4 heteroatoms. The average molecular weight is 307 g/mol. The Morgan fingerprint density at radius 3 is 2.52 bits per heavy atom. The van der Waals surface area contributed by atoms with E-state index in [0.29, 0.717) is 0 Å². The predicted octanol–water partition coefficient (Wildman–Crippen LogP) is 3.88. The van der Waals surface area contributed by atoms with Gasteiger partial charge in [-0.25, -0.2) is 4.79 Å². The molecule has 0 radical (unpaired) electrons. The molecule has 0 bridgehead atoms. The molecule has 0 atom stereocenters. The lowest BCUT2D eigenvalue weighted by molar-refractivity contribution is 0.257. The van der Waals surface area contributed by atoms with Crippen molar-refractivity contribution in [3.8, 4) is 0 Å². The van der Waals surface area contributed by atoms with Crippen LogP contribution in [0.3, 0.4) is 0 Å². The topological polar surface area (TPSA) is 35.6 Å². The van der Waals surface area contributed by atoms with Gasteiger partial charge in [0.25, 0.3) is 0 Å². The lowest BCUT2D eigenvalue weighted by atomic mass is 10.1. The van der Waals surface area contributed by atoms with E-state index in [0.717, 1.165) is 37.4 Å². The second kappa shape index (κ2) is 5.95. The van der Waals surface area contributed by atoms with Crippen molar-refractivity contribution >= 4 is 23.1 Å². The maximum atomic E-state index is 12.5. The van der Waals surface area contributed by atoms with Crippen LogP contribution in [0.15, 0.2) is 48.5 Å². The lowest BCUT2D eigenvalue weighted by Gasteiger charge is -2.21.